The average Bonchev–Trinajstić information content (AvgIpc) is 2.98. The van der Waals surface area contributed by atoms with Crippen molar-refractivity contribution in [2.45, 2.75) is 0 Å². The van der Waals surface area contributed by atoms with Crippen molar-refractivity contribution in [1.82, 2.24) is 20.3 Å². The molecule has 3 aromatic rings. The molecule has 2 heterocycles. The second kappa shape index (κ2) is 4.48. The van der Waals surface area contributed by atoms with Crippen molar-refractivity contribution >= 4 is 22.6 Å². The van der Waals surface area contributed by atoms with Crippen molar-refractivity contribution in [2.24, 2.45) is 0 Å². The number of aromatic nitrogens is 4. The quantitative estimate of drug-likeness (QED) is 0.717. The number of hydrogen-bond donors (Lipinski definition) is 1. The van der Waals surface area contributed by atoms with Gasteiger partial charge in [-0.3, -0.25) is 5.10 Å². The summed E-state index contributed by atoms with van der Waals surface area (Å²) in [5.41, 5.74) is 1.37. The summed E-state index contributed by atoms with van der Waals surface area (Å²) in [6, 6.07) is 5.90. The standard InChI is InChI=1S/C11H6FIN4O/c12-7-3-1-6(2-4-7)10-15-11(18-17-10)9-8(13)5-14-16-9/h1-5H,(H,14,16). The van der Waals surface area contributed by atoms with Crippen LogP contribution in [0, 0.1) is 9.39 Å². The summed E-state index contributed by atoms with van der Waals surface area (Å²) >= 11 is 2.12. The highest BCUT2D eigenvalue weighted by Gasteiger charge is 2.14. The van der Waals surface area contributed by atoms with Crippen LogP contribution in [-0.4, -0.2) is 20.3 Å². The predicted octanol–water partition coefficient (Wildman–Crippen LogP) is 2.87. The maximum Gasteiger partial charge on any atom is 0.277 e. The van der Waals surface area contributed by atoms with Crippen LogP contribution in [0.3, 0.4) is 0 Å². The van der Waals surface area contributed by atoms with Crippen molar-refractivity contribution in [3.8, 4) is 23.0 Å². The van der Waals surface area contributed by atoms with E-state index in [1.165, 1.54) is 12.1 Å². The Balaban J connectivity index is 1.99. The zero-order chi connectivity index (χ0) is 12.5. The minimum Gasteiger partial charge on any atom is -0.332 e. The zero-order valence-corrected chi connectivity index (χ0v) is 11.1. The normalized spacial score (nSPS) is 10.8. The Morgan fingerprint density at radius 1 is 1.22 bits per heavy atom. The lowest BCUT2D eigenvalue weighted by Crippen LogP contribution is -1.83. The minimum atomic E-state index is -0.300. The van der Waals surface area contributed by atoms with Crippen LogP contribution in [0.15, 0.2) is 35.0 Å². The van der Waals surface area contributed by atoms with Crippen molar-refractivity contribution in [1.29, 1.82) is 0 Å². The molecule has 0 saturated heterocycles. The molecule has 1 aromatic carbocycles. The molecule has 0 fully saturated rings. The zero-order valence-electron chi connectivity index (χ0n) is 8.89. The number of nitrogens with zero attached hydrogens (tertiary/aromatic N) is 3. The summed E-state index contributed by atoms with van der Waals surface area (Å²) in [6.45, 7) is 0. The molecule has 0 amide bonds. The first kappa shape index (κ1) is 11.3. The van der Waals surface area contributed by atoms with Gasteiger partial charge >= 0.3 is 0 Å². The van der Waals surface area contributed by atoms with Crippen molar-refractivity contribution < 1.29 is 8.91 Å². The second-order valence-electron chi connectivity index (χ2n) is 3.52. The molecule has 90 valence electrons. The van der Waals surface area contributed by atoms with Crippen LogP contribution in [-0.2, 0) is 0 Å². The first-order valence-corrected chi connectivity index (χ1v) is 6.11. The lowest BCUT2D eigenvalue weighted by atomic mass is 10.2. The molecule has 3 rings (SSSR count). The molecule has 0 atom stereocenters. The first-order valence-electron chi connectivity index (χ1n) is 5.03. The lowest BCUT2D eigenvalue weighted by Gasteiger charge is -1.92. The molecule has 5 nitrogen and oxygen atoms in total. The highest BCUT2D eigenvalue weighted by atomic mass is 127. The number of aromatic amines is 1. The van der Waals surface area contributed by atoms with E-state index in [1.54, 1.807) is 18.3 Å². The number of nitrogens with one attached hydrogen (secondary N) is 1. The van der Waals surface area contributed by atoms with E-state index in [0.717, 1.165) is 3.57 Å². The predicted molar refractivity (Wildman–Crippen MR) is 70.0 cm³/mol. The Hall–Kier alpha value is -1.77. The van der Waals surface area contributed by atoms with Gasteiger partial charge in [-0.15, -0.1) is 0 Å². The maximum absolute atomic E-state index is 12.8. The third-order valence-corrected chi connectivity index (χ3v) is 3.15. The van der Waals surface area contributed by atoms with E-state index in [-0.39, 0.29) is 5.82 Å². The molecule has 0 spiro atoms. The topological polar surface area (TPSA) is 67.6 Å². The third kappa shape index (κ3) is 2.01. The highest BCUT2D eigenvalue weighted by molar-refractivity contribution is 14.1. The van der Waals surface area contributed by atoms with Crippen molar-refractivity contribution in [3.05, 3.63) is 39.8 Å². The summed E-state index contributed by atoms with van der Waals surface area (Å²) in [7, 11) is 0. The molecule has 0 aliphatic rings. The summed E-state index contributed by atoms with van der Waals surface area (Å²) in [5, 5.41) is 10.5. The summed E-state index contributed by atoms with van der Waals surface area (Å²) < 4.78 is 18.8. The van der Waals surface area contributed by atoms with Gasteiger partial charge in [0, 0.05) is 5.56 Å². The Kier molecular flexibility index (Phi) is 2.82. The molecule has 0 aliphatic heterocycles. The summed E-state index contributed by atoms with van der Waals surface area (Å²) in [4.78, 5) is 4.24. The first-order chi connectivity index (χ1) is 8.74. The SMILES string of the molecule is Fc1ccc(-c2noc(-c3[nH]ncc3I)n2)cc1. The van der Waals surface area contributed by atoms with Gasteiger partial charge in [-0.05, 0) is 46.9 Å². The van der Waals surface area contributed by atoms with Crippen LogP contribution in [0.4, 0.5) is 4.39 Å². The van der Waals surface area contributed by atoms with Crippen LogP contribution in [0.25, 0.3) is 23.0 Å². The van der Waals surface area contributed by atoms with E-state index in [9.17, 15) is 4.39 Å². The van der Waals surface area contributed by atoms with E-state index < -0.39 is 0 Å². The molecule has 0 bridgehead atoms. The van der Waals surface area contributed by atoms with Gasteiger partial charge in [-0.1, -0.05) is 5.16 Å². The average molecular weight is 356 g/mol. The fraction of sp³-hybridized carbons (Fsp3) is 0. The van der Waals surface area contributed by atoms with Gasteiger partial charge in [0.25, 0.3) is 5.89 Å². The number of H-pyrrole nitrogens is 1. The van der Waals surface area contributed by atoms with Crippen molar-refractivity contribution in [2.75, 3.05) is 0 Å². The third-order valence-electron chi connectivity index (χ3n) is 2.34. The van der Waals surface area contributed by atoms with Gasteiger partial charge in [0.2, 0.25) is 5.82 Å². The van der Waals surface area contributed by atoms with Gasteiger partial charge in [-0.25, -0.2) is 4.39 Å². The van der Waals surface area contributed by atoms with Crippen LogP contribution < -0.4 is 0 Å². The lowest BCUT2D eigenvalue weighted by molar-refractivity contribution is 0.430. The molecule has 0 saturated carbocycles. The van der Waals surface area contributed by atoms with Gasteiger partial charge in [0.05, 0.1) is 9.77 Å². The van der Waals surface area contributed by atoms with E-state index in [2.05, 4.69) is 42.9 Å². The monoisotopic (exact) mass is 356 g/mol. The van der Waals surface area contributed by atoms with E-state index in [0.29, 0.717) is 23.0 Å². The molecule has 0 aliphatic carbocycles. The molecule has 18 heavy (non-hydrogen) atoms. The fourth-order valence-electron chi connectivity index (χ4n) is 1.46. The van der Waals surface area contributed by atoms with E-state index >= 15 is 0 Å². The Morgan fingerprint density at radius 2 is 2.00 bits per heavy atom. The van der Waals surface area contributed by atoms with Crippen LogP contribution in [0.2, 0.25) is 0 Å². The summed E-state index contributed by atoms with van der Waals surface area (Å²) in [5.74, 6) is 0.470. The van der Waals surface area contributed by atoms with Crippen LogP contribution in [0.5, 0.6) is 0 Å². The molecular weight excluding hydrogens is 350 g/mol. The van der Waals surface area contributed by atoms with Crippen LogP contribution in [0.1, 0.15) is 0 Å². The smallest absolute Gasteiger partial charge is 0.277 e. The Bertz CT molecular complexity index is 676. The number of hydrogen-bond acceptors (Lipinski definition) is 4. The van der Waals surface area contributed by atoms with Gasteiger partial charge in [0.15, 0.2) is 0 Å². The highest BCUT2D eigenvalue weighted by Crippen LogP contribution is 2.24. The van der Waals surface area contributed by atoms with Crippen LogP contribution >= 0.6 is 22.6 Å². The van der Waals surface area contributed by atoms with Crippen molar-refractivity contribution in [3.63, 3.8) is 0 Å². The summed E-state index contributed by atoms with van der Waals surface area (Å²) in [6.07, 6.45) is 1.66. The number of rotatable bonds is 2. The Labute approximate surface area is 115 Å². The molecule has 1 N–H and O–H groups in total. The fourth-order valence-corrected chi connectivity index (χ4v) is 1.95. The van der Waals surface area contributed by atoms with Gasteiger partial charge in [-0.2, -0.15) is 10.1 Å². The molecule has 0 radical (unpaired) electrons. The molecule has 7 heteroatoms. The van der Waals surface area contributed by atoms with E-state index in [1.807, 2.05) is 0 Å². The second-order valence-corrected chi connectivity index (χ2v) is 4.69. The van der Waals surface area contributed by atoms with Gasteiger partial charge in [0.1, 0.15) is 11.5 Å². The molecule has 0 unspecified atom stereocenters. The molecule has 2 aromatic heterocycles. The van der Waals surface area contributed by atoms with E-state index in [4.69, 9.17) is 4.52 Å². The number of halogens is 2. The Morgan fingerprint density at radius 3 is 2.67 bits per heavy atom. The largest absolute Gasteiger partial charge is 0.332 e. The minimum absolute atomic E-state index is 0.300. The molecular formula is C11H6FIN4O. The maximum atomic E-state index is 12.8. The van der Waals surface area contributed by atoms with Gasteiger partial charge < -0.3 is 4.52 Å². The number of benzene rings is 1.